The topological polar surface area (TPSA) is 64.9 Å². The van der Waals surface area contributed by atoms with Crippen LogP contribution in [0.25, 0.3) is 5.69 Å². The molecule has 4 rings (SSSR count). The van der Waals surface area contributed by atoms with Gasteiger partial charge in [0.25, 0.3) is 0 Å². The van der Waals surface area contributed by atoms with Gasteiger partial charge in [0.2, 0.25) is 0 Å². The summed E-state index contributed by atoms with van der Waals surface area (Å²) in [5.41, 5.74) is 3.30. The number of nitrogens with one attached hydrogen (secondary N) is 1. The summed E-state index contributed by atoms with van der Waals surface area (Å²) < 4.78 is 7.56. The monoisotopic (exact) mass is 399 g/mol. The van der Waals surface area contributed by atoms with Gasteiger partial charge in [0.1, 0.15) is 5.75 Å². The van der Waals surface area contributed by atoms with Crippen LogP contribution in [0.4, 0.5) is 0 Å². The Balaban J connectivity index is 1.45. The summed E-state index contributed by atoms with van der Waals surface area (Å²) in [6.45, 7) is 2.96. The zero-order valence-corrected chi connectivity index (χ0v) is 17.0. The molecule has 1 heterocycles. The maximum absolute atomic E-state index is 5.98. The van der Waals surface area contributed by atoms with Gasteiger partial charge in [0, 0.05) is 12.6 Å². The second kappa shape index (κ2) is 9.80. The maximum atomic E-state index is 5.98. The molecule has 0 bridgehead atoms. The van der Waals surface area contributed by atoms with Crippen molar-refractivity contribution >= 4 is 0 Å². The van der Waals surface area contributed by atoms with Gasteiger partial charge in [-0.2, -0.15) is 4.68 Å². The Labute approximate surface area is 176 Å². The molecule has 0 spiro atoms. The lowest BCUT2D eigenvalue weighted by Crippen LogP contribution is -2.20. The highest BCUT2D eigenvalue weighted by Crippen LogP contribution is 2.23. The van der Waals surface area contributed by atoms with Crippen LogP contribution in [0.3, 0.4) is 0 Å². The van der Waals surface area contributed by atoms with Crippen molar-refractivity contribution in [2.75, 3.05) is 0 Å². The van der Waals surface area contributed by atoms with Crippen molar-refractivity contribution in [3.63, 3.8) is 0 Å². The highest BCUT2D eigenvalue weighted by molar-refractivity contribution is 5.34. The van der Waals surface area contributed by atoms with Crippen LogP contribution in [-0.4, -0.2) is 20.2 Å². The van der Waals surface area contributed by atoms with E-state index in [2.05, 4.69) is 64.2 Å². The molecule has 3 aromatic carbocycles. The van der Waals surface area contributed by atoms with Crippen LogP contribution in [0.2, 0.25) is 0 Å². The predicted octanol–water partition coefficient (Wildman–Crippen LogP) is 5.09. The molecule has 1 N–H and O–H groups in total. The molecule has 0 radical (unpaired) electrons. The van der Waals surface area contributed by atoms with Gasteiger partial charge < -0.3 is 10.1 Å². The zero-order chi connectivity index (χ0) is 20.6. The van der Waals surface area contributed by atoms with Crippen molar-refractivity contribution in [3.8, 4) is 17.4 Å². The molecule has 0 aliphatic carbocycles. The van der Waals surface area contributed by atoms with Gasteiger partial charge in [-0.3, -0.25) is 0 Å². The van der Waals surface area contributed by atoms with E-state index in [9.17, 15) is 0 Å². The summed E-state index contributed by atoms with van der Waals surface area (Å²) in [6, 6.07) is 28.9. The average Bonchev–Trinajstić information content (AvgIpc) is 3.26. The fraction of sp³-hybridized carbons (Fsp3) is 0.208. The quantitative estimate of drug-likeness (QED) is 0.425. The Kier molecular flexibility index (Phi) is 6.47. The largest absolute Gasteiger partial charge is 0.423 e. The highest BCUT2D eigenvalue weighted by Gasteiger charge is 2.12. The first-order valence-corrected chi connectivity index (χ1v) is 10.2. The molecule has 0 aliphatic rings. The second-order valence-corrected chi connectivity index (χ2v) is 7.09. The summed E-state index contributed by atoms with van der Waals surface area (Å²) in [6.07, 6.45) is 2.21. The molecular formula is C24H25N5O. The highest BCUT2D eigenvalue weighted by atomic mass is 16.5. The molecule has 6 nitrogen and oxygen atoms in total. The van der Waals surface area contributed by atoms with Gasteiger partial charge in [0.05, 0.1) is 5.69 Å². The van der Waals surface area contributed by atoms with Gasteiger partial charge in [0.15, 0.2) is 0 Å². The van der Waals surface area contributed by atoms with Crippen LogP contribution in [0, 0.1) is 0 Å². The van der Waals surface area contributed by atoms with Crippen LogP contribution in [-0.2, 0) is 6.54 Å². The van der Waals surface area contributed by atoms with E-state index in [1.807, 2.05) is 48.5 Å². The van der Waals surface area contributed by atoms with E-state index in [1.54, 1.807) is 4.68 Å². The molecule has 0 amide bonds. The van der Waals surface area contributed by atoms with Crippen LogP contribution in [0.5, 0.6) is 11.8 Å². The molecule has 0 saturated carbocycles. The van der Waals surface area contributed by atoms with Crippen molar-refractivity contribution in [2.24, 2.45) is 0 Å². The fourth-order valence-electron chi connectivity index (χ4n) is 3.40. The third-order valence-corrected chi connectivity index (χ3v) is 4.88. The Morgan fingerprint density at radius 1 is 0.933 bits per heavy atom. The molecule has 1 unspecified atom stereocenters. The van der Waals surface area contributed by atoms with Crippen molar-refractivity contribution in [2.45, 2.75) is 32.4 Å². The van der Waals surface area contributed by atoms with Crippen molar-refractivity contribution in [1.82, 2.24) is 25.5 Å². The van der Waals surface area contributed by atoms with E-state index in [0.717, 1.165) is 30.6 Å². The number of benzene rings is 3. The van der Waals surface area contributed by atoms with Gasteiger partial charge in [-0.25, -0.2) is 0 Å². The number of para-hydroxylation sites is 1. The lowest BCUT2D eigenvalue weighted by Gasteiger charge is -2.19. The van der Waals surface area contributed by atoms with E-state index >= 15 is 0 Å². The molecule has 30 heavy (non-hydrogen) atoms. The maximum Gasteiger partial charge on any atom is 0.345 e. The SMILES string of the molecule is CCCC(NCc1cccc(Oc2nnnn2-c2ccccc2)c1)c1ccccc1. The van der Waals surface area contributed by atoms with Crippen LogP contribution in [0.1, 0.15) is 36.9 Å². The number of nitrogens with zero attached hydrogens (tertiary/aromatic N) is 4. The number of tetrazole rings is 1. The standard InChI is InChI=1S/C24H25N5O/c1-2-10-23(20-12-5-3-6-13-20)25-18-19-11-9-16-22(17-19)30-24-26-27-28-29(24)21-14-7-4-8-15-21/h3-9,11-17,23,25H,2,10,18H2,1H3. The summed E-state index contributed by atoms with van der Waals surface area (Å²) >= 11 is 0. The molecule has 0 fully saturated rings. The number of rotatable bonds is 9. The van der Waals surface area contributed by atoms with Crippen molar-refractivity contribution in [1.29, 1.82) is 0 Å². The minimum absolute atomic E-state index is 0.325. The number of ether oxygens (including phenoxy) is 1. The molecule has 4 aromatic rings. The minimum atomic E-state index is 0.325. The minimum Gasteiger partial charge on any atom is -0.423 e. The van der Waals surface area contributed by atoms with Crippen LogP contribution < -0.4 is 10.1 Å². The fourth-order valence-corrected chi connectivity index (χ4v) is 3.40. The molecule has 0 aliphatic heterocycles. The molecule has 152 valence electrons. The van der Waals surface area contributed by atoms with E-state index in [1.165, 1.54) is 5.56 Å². The normalized spacial score (nSPS) is 11.9. The summed E-state index contributed by atoms with van der Waals surface area (Å²) in [7, 11) is 0. The first-order chi connectivity index (χ1) is 14.8. The van der Waals surface area contributed by atoms with E-state index in [0.29, 0.717) is 17.8 Å². The summed E-state index contributed by atoms with van der Waals surface area (Å²) in [4.78, 5) is 0. The molecule has 1 atom stereocenters. The zero-order valence-electron chi connectivity index (χ0n) is 17.0. The first-order valence-electron chi connectivity index (χ1n) is 10.2. The smallest absolute Gasteiger partial charge is 0.345 e. The Morgan fingerprint density at radius 3 is 2.47 bits per heavy atom. The molecule has 1 aromatic heterocycles. The second-order valence-electron chi connectivity index (χ2n) is 7.09. The molecule has 0 saturated heterocycles. The third-order valence-electron chi connectivity index (χ3n) is 4.88. The van der Waals surface area contributed by atoms with E-state index in [4.69, 9.17) is 4.74 Å². The van der Waals surface area contributed by atoms with Gasteiger partial charge >= 0.3 is 6.01 Å². The lowest BCUT2D eigenvalue weighted by molar-refractivity contribution is 0.426. The molecular weight excluding hydrogens is 374 g/mol. The summed E-state index contributed by atoms with van der Waals surface area (Å²) in [5, 5.41) is 15.5. The van der Waals surface area contributed by atoms with Crippen LogP contribution in [0.15, 0.2) is 84.9 Å². The Hall–Kier alpha value is -3.51. The predicted molar refractivity (Wildman–Crippen MR) is 117 cm³/mol. The lowest BCUT2D eigenvalue weighted by atomic mass is 10.0. The van der Waals surface area contributed by atoms with Crippen LogP contribution >= 0.6 is 0 Å². The van der Waals surface area contributed by atoms with Gasteiger partial charge in [-0.15, -0.1) is 0 Å². The number of aromatic nitrogens is 4. The first kappa shape index (κ1) is 19.8. The number of hydrogen-bond donors (Lipinski definition) is 1. The van der Waals surface area contributed by atoms with Crippen molar-refractivity contribution < 1.29 is 4.74 Å². The Bertz CT molecular complexity index is 1050. The van der Waals surface area contributed by atoms with E-state index in [-0.39, 0.29) is 0 Å². The summed E-state index contributed by atoms with van der Waals surface area (Å²) in [5.74, 6) is 0.702. The van der Waals surface area contributed by atoms with Gasteiger partial charge in [-0.05, 0) is 52.2 Å². The Morgan fingerprint density at radius 2 is 1.70 bits per heavy atom. The van der Waals surface area contributed by atoms with E-state index < -0.39 is 0 Å². The average molecular weight is 399 g/mol. The third kappa shape index (κ3) is 4.90. The number of hydrogen-bond acceptors (Lipinski definition) is 5. The van der Waals surface area contributed by atoms with Gasteiger partial charge in [-0.1, -0.05) is 79.1 Å². The molecule has 6 heteroatoms. The van der Waals surface area contributed by atoms with Crippen molar-refractivity contribution in [3.05, 3.63) is 96.1 Å².